The number of anilines is 1. The van der Waals surface area contributed by atoms with Gasteiger partial charge in [0.1, 0.15) is 18.2 Å². The summed E-state index contributed by atoms with van der Waals surface area (Å²) < 4.78 is 19.4. The maximum absolute atomic E-state index is 13.5. The third kappa shape index (κ3) is 5.24. The van der Waals surface area contributed by atoms with Gasteiger partial charge in [0, 0.05) is 41.8 Å². The molecule has 0 fully saturated rings. The minimum atomic E-state index is -0.212. The third-order valence-corrected chi connectivity index (χ3v) is 7.04. The Labute approximate surface area is 229 Å². The molecule has 1 aliphatic heterocycles. The number of hydrogen-bond donors (Lipinski definition) is 0. The van der Waals surface area contributed by atoms with E-state index in [1.807, 2.05) is 74.4 Å². The molecule has 1 aliphatic rings. The molecule has 1 atom stereocenters. The molecule has 3 aromatic carbocycles. The Kier molecular flexibility index (Phi) is 7.37. The lowest BCUT2D eigenvalue weighted by atomic mass is 10.1. The van der Waals surface area contributed by atoms with Crippen molar-refractivity contribution in [1.82, 2.24) is 9.66 Å². The Balaban J connectivity index is 1.52. The highest BCUT2D eigenvalue weighted by molar-refractivity contribution is 9.10. The summed E-state index contributed by atoms with van der Waals surface area (Å²) in [6.45, 7) is 4.67. The molecule has 196 valence electrons. The zero-order valence-electron chi connectivity index (χ0n) is 21.8. The largest absolute Gasteiger partial charge is 0.488 e. The number of halogens is 1. The van der Waals surface area contributed by atoms with Crippen LogP contribution < -0.4 is 24.7 Å². The minimum Gasteiger partial charge on any atom is -0.488 e. The number of ether oxygens (including phenoxy) is 3. The molecule has 1 aromatic heterocycles. The molecule has 0 spiro atoms. The van der Waals surface area contributed by atoms with Crippen molar-refractivity contribution in [3.8, 4) is 17.2 Å². The van der Waals surface area contributed by atoms with Gasteiger partial charge in [-0.05, 0) is 54.4 Å². The number of rotatable bonds is 8. The molecule has 8 nitrogen and oxygen atoms in total. The quantitative estimate of drug-likeness (QED) is 0.242. The van der Waals surface area contributed by atoms with Crippen LogP contribution in [-0.4, -0.2) is 36.8 Å². The fraction of sp³-hybridized carbons (Fsp3) is 0.276. The third-order valence-electron chi connectivity index (χ3n) is 6.54. The van der Waals surface area contributed by atoms with E-state index in [0.717, 1.165) is 33.5 Å². The molecule has 4 aromatic rings. The monoisotopic (exact) mass is 576 g/mol. The van der Waals surface area contributed by atoms with Gasteiger partial charge < -0.3 is 19.1 Å². The van der Waals surface area contributed by atoms with Gasteiger partial charge in [0.15, 0.2) is 11.5 Å². The van der Waals surface area contributed by atoms with Crippen molar-refractivity contribution in [2.24, 2.45) is 5.10 Å². The number of nitrogens with zero attached hydrogens (tertiary/aromatic N) is 4. The SMILES string of the molecule is CC[C@@H](C)c1nc2ccc(Br)cc2c(=O)n1N=Cc1ccc(N(C)C)cc1OCc1ccc2c(c1)OCO2. The van der Waals surface area contributed by atoms with Crippen LogP contribution in [0.4, 0.5) is 5.69 Å². The van der Waals surface area contributed by atoms with Crippen molar-refractivity contribution < 1.29 is 14.2 Å². The highest BCUT2D eigenvalue weighted by Gasteiger charge is 2.17. The Morgan fingerprint density at radius 3 is 2.74 bits per heavy atom. The molecule has 0 radical (unpaired) electrons. The molecule has 9 heteroatoms. The molecule has 0 saturated heterocycles. The summed E-state index contributed by atoms with van der Waals surface area (Å²) in [6.07, 6.45) is 2.48. The summed E-state index contributed by atoms with van der Waals surface area (Å²) in [7, 11) is 3.95. The van der Waals surface area contributed by atoms with Gasteiger partial charge >= 0.3 is 0 Å². The second-order valence-electron chi connectivity index (χ2n) is 9.40. The summed E-state index contributed by atoms with van der Waals surface area (Å²) in [5.41, 5.74) is 3.12. The topological polar surface area (TPSA) is 78.2 Å². The van der Waals surface area contributed by atoms with E-state index in [0.29, 0.717) is 34.8 Å². The molecule has 5 rings (SSSR count). The zero-order valence-corrected chi connectivity index (χ0v) is 23.4. The molecule has 0 saturated carbocycles. The molecular formula is C29H29BrN4O4. The first-order valence-corrected chi connectivity index (χ1v) is 13.2. The van der Waals surface area contributed by atoms with E-state index in [2.05, 4.69) is 28.0 Å². The van der Waals surface area contributed by atoms with Gasteiger partial charge in [0.2, 0.25) is 6.79 Å². The van der Waals surface area contributed by atoms with Crippen molar-refractivity contribution in [3.63, 3.8) is 0 Å². The predicted molar refractivity (Wildman–Crippen MR) is 153 cm³/mol. The van der Waals surface area contributed by atoms with Gasteiger partial charge in [-0.1, -0.05) is 35.8 Å². The van der Waals surface area contributed by atoms with Crippen LogP contribution >= 0.6 is 15.9 Å². The van der Waals surface area contributed by atoms with Crippen LogP contribution in [0.25, 0.3) is 10.9 Å². The van der Waals surface area contributed by atoms with E-state index in [1.54, 1.807) is 12.3 Å². The summed E-state index contributed by atoms with van der Waals surface area (Å²) >= 11 is 3.46. The first-order valence-electron chi connectivity index (χ1n) is 12.4. The predicted octanol–water partition coefficient (Wildman–Crippen LogP) is 5.93. The average Bonchev–Trinajstić information content (AvgIpc) is 3.39. The highest BCUT2D eigenvalue weighted by atomic mass is 79.9. The highest BCUT2D eigenvalue weighted by Crippen LogP contribution is 2.33. The van der Waals surface area contributed by atoms with Crippen molar-refractivity contribution >= 4 is 38.7 Å². The average molecular weight is 577 g/mol. The van der Waals surface area contributed by atoms with E-state index < -0.39 is 0 Å². The fourth-order valence-corrected chi connectivity index (χ4v) is 4.48. The van der Waals surface area contributed by atoms with Crippen LogP contribution in [0.5, 0.6) is 17.2 Å². The van der Waals surface area contributed by atoms with Gasteiger partial charge in [-0.3, -0.25) is 4.79 Å². The normalized spacial score (nSPS) is 13.3. The molecule has 38 heavy (non-hydrogen) atoms. The minimum absolute atomic E-state index is 0.0470. The number of fused-ring (bicyclic) bond motifs is 2. The van der Waals surface area contributed by atoms with E-state index in [1.165, 1.54) is 4.68 Å². The van der Waals surface area contributed by atoms with Crippen LogP contribution in [0.2, 0.25) is 0 Å². The molecule has 0 aliphatic carbocycles. The van der Waals surface area contributed by atoms with Crippen molar-refractivity contribution in [2.45, 2.75) is 32.8 Å². The standard InChI is InChI=1S/C29H29BrN4O4/c1-5-18(2)28-32-24-10-8-21(30)13-23(24)29(35)34(28)31-15-20-7-9-22(33(3)4)14-26(20)36-16-19-6-11-25-27(12-19)38-17-37-25/h6-15,18H,5,16-17H2,1-4H3/t18-/m1/s1. The first-order chi connectivity index (χ1) is 18.3. The van der Waals surface area contributed by atoms with E-state index in [-0.39, 0.29) is 18.3 Å². The van der Waals surface area contributed by atoms with Crippen LogP contribution in [-0.2, 0) is 6.61 Å². The van der Waals surface area contributed by atoms with Crippen LogP contribution in [0.15, 0.2) is 69.0 Å². The second kappa shape index (κ2) is 10.9. The smallest absolute Gasteiger partial charge is 0.282 e. The Hall–Kier alpha value is -3.85. The maximum Gasteiger partial charge on any atom is 0.282 e. The van der Waals surface area contributed by atoms with E-state index in [4.69, 9.17) is 19.2 Å². The summed E-state index contributed by atoms with van der Waals surface area (Å²) in [5.74, 6) is 2.76. The lowest BCUT2D eigenvalue weighted by Gasteiger charge is -2.17. The van der Waals surface area contributed by atoms with Gasteiger partial charge in [-0.2, -0.15) is 9.78 Å². The van der Waals surface area contributed by atoms with Crippen LogP contribution in [0.3, 0.4) is 0 Å². The summed E-state index contributed by atoms with van der Waals surface area (Å²) in [6, 6.07) is 17.2. The van der Waals surface area contributed by atoms with E-state index >= 15 is 0 Å². The van der Waals surface area contributed by atoms with E-state index in [9.17, 15) is 4.79 Å². The van der Waals surface area contributed by atoms with Gasteiger partial charge in [0.25, 0.3) is 5.56 Å². The fourth-order valence-electron chi connectivity index (χ4n) is 4.12. The molecule has 0 N–H and O–H groups in total. The number of benzene rings is 3. The number of aromatic nitrogens is 2. The van der Waals surface area contributed by atoms with Crippen molar-refractivity contribution in [1.29, 1.82) is 0 Å². The summed E-state index contributed by atoms with van der Waals surface area (Å²) in [4.78, 5) is 20.3. The van der Waals surface area contributed by atoms with Crippen LogP contribution in [0, 0.1) is 0 Å². The van der Waals surface area contributed by atoms with Gasteiger partial charge in [-0.15, -0.1) is 0 Å². The molecule has 0 unspecified atom stereocenters. The van der Waals surface area contributed by atoms with Crippen molar-refractivity contribution in [2.75, 3.05) is 25.8 Å². The summed E-state index contributed by atoms with van der Waals surface area (Å²) in [5, 5.41) is 5.14. The molecule has 2 heterocycles. The zero-order chi connectivity index (χ0) is 26.8. The molecule has 0 bridgehead atoms. The molecular weight excluding hydrogens is 548 g/mol. The van der Waals surface area contributed by atoms with Gasteiger partial charge in [0.05, 0.1) is 17.1 Å². The Bertz CT molecular complexity index is 1580. The Morgan fingerprint density at radius 1 is 1.13 bits per heavy atom. The van der Waals surface area contributed by atoms with Crippen molar-refractivity contribution in [3.05, 3.63) is 86.4 Å². The van der Waals surface area contributed by atoms with Gasteiger partial charge in [-0.25, -0.2) is 4.98 Å². The Morgan fingerprint density at radius 2 is 1.95 bits per heavy atom. The second-order valence-corrected chi connectivity index (χ2v) is 10.3. The maximum atomic E-state index is 13.5. The first kappa shape index (κ1) is 25.8. The lowest BCUT2D eigenvalue weighted by molar-refractivity contribution is 0.174. The number of hydrogen-bond acceptors (Lipinski definition) is 7. The lowest BCUT2D eigenvalue weighted by Crippen LogP contribution is -2.23. The van der Waals surface area contributed by atoms with Crippen LogP contribution in [0.1, 0.15) is 43.1 Å². The molecule has 0 amide bonds.